The maximum Gasteiger partial charge on any atom is 0.222 e. The Bertz CT molecular complexity index is 756. The van der Waals surface area contributed by atoms with Crippen molar-refractivity contribution >= 4 is 16.8 Å². The molecule has 132 valence electrons. The van der Waals surface area contributed by atoms with Crippen LogP contribution in [0.25, 0.3) is 10.9 Å². The zero-order chi connectivity index (χ0) is 17.1. The summed E-state index contributed by atoms with van der Waals surface area (Å²) in [6, 6.07) is 8.32. The summed E-state index contributed by atoms with van der Waals surface area (Å²) in [6.45, 7) is 5.38. The van der Waals surface area contributed by atoms with Gasteiger partial charge in [-0.15, -0.1) is 0 Å². The van der Waals surface area contributed by atoms with E-state index in [-0.39, 0.29) is 5.91 Å². The molecule has 0 atom stereocenters. The first-order valence-corrected chi connectivity index (χ1v) is 9.31. The van der Waals surface area contributed by atoms with Gasteiger partial charge in [-0.2, -0.15) is 0 Å². The standard InChI is InChI=1S/C20H25N3O2/c24-19-6-4-12-23(19)13-14-25-18-8-7-16(15-22-10-1-2-11-22)17-5-3-9-21-20(17)18/h3,5,7-9H,1-2,4,6,10-15H2. The molecule has 0 unspecified atom stereocenters. The SMILES string of the molecule is O=C1CCCN1CCOc1ccc(CN2CCCC2)c2cccnc12. The maximum absolute atomic E-state index is 11.7. The van der Waals surface area contributed by atoms with Crippen LogP contribution in [-0.2, 0) is 11.3 Å². The van der Waals surface area contributed by atoms with Crippen LogP contribution in [0.1, 0.15) is 31.2 Å². The van der Waals surface area contributed by atoms with Crippen LogP contribution in [-0.4, -0.2) is 53.5 Å². The smallest absolute Gasteiger partial charge is 0.222 e. The number of carbonyl (C=O) groups is 1. The molecule has 5 nitrogen and oxygen atoms in total. The number of hydrogen-bond acceptors (Lipinski definition) is 4. The van der Waals surface area contributed by atoms with Gasteiger partial charge in [0.2, 0.25) is 5.91 Å². The summed E-state index contributed by atoms with van der Waals surface area (Å²) in [5, 5.41) is 1.17. The van der Waals surface area contributed by atoms with Crippen LogP contribution < -0.4 is 4.74 Å². The average Bonchev–Trinajstić information content (AvgIpc) is 3.29. The number of amides is 1. The Kier molecular flexibility index (Phi) is 4.83. The Morgan fingerprint density at radius 2 is 1.96 bits per heavy atom. The number of carbonyl (C=O) groups excluding carboxylic acids is 1. The molecule has 2 fully saturated rings. The molecule has 2 aromatic rings. The molecule has 5 heteroatoms. The van der Waals surface area contributed by atoms with E-state index in [1.54, 1.807) is 0 Å². The van der Waals surface area contributed by atoms with Crippen molar-refractivity contribution in [1.82, 2.24) is 14.8 Å². The van der Waals surface area contributed by atoms with Crippen molar-refractivity contribution in [3.8, 4) is 5.75 Å². The van der Waals surface area contributed by atoms with Gasteiger partial charge in [0.25, 0.3) is 0 Å². The van der Waals surface area contributed by atoms with Gasteiger partial charge in [-0.25, -0.2) is 0 Å². The third-order valence-corrected chi connectivity index (χ3v) is 5.21. The van der Waals surface area contributed by atoms with Gasteiger partial charge >= 0.3 is 0 Å². The van der Waals surface area contributed by atoms with Gasteiger partial charge < -0.3 is 9.64 Å². The second-order valence-electron chi connectivity index (χ2n) is 6.94. The molecule has 0 aliphatic carbocycles. The summed E-state index contributed by atoms with van der Waals surface area (Å²) in [5.41, 5.74) is 2.24. The Hall–Kier alpha value is -2.14. The third kappa shape index (κ3) is 3.61. The molecule has 0 saturated carbocycles. The Balaban J connectivity index is 1.48. The summed E-state index contributed by atoms with van der Waals surface area (Å²) in [7, 11) is 0. The van der Waals surface area contributed by atoms with E-state index in [0.29, 0.717) is 19.6 Å². The van der Waals surface area contributed by atoms with Crippen LogP contribution in [0.15, 0.2) is 30.5 Å². The minimum absolute atomic E-state index is 0.243. The highest BCUT2D eigenvalue weighted by Crippen LogP contribution is 2.28. The monoisotopic (exact) mass is 339 g/mol. The number of nitrogens with zero attached hydrogens (tertiary/aromatic N) is 3. The van der Waals surface area contributed by atoms with Crippen LogP contribution in [0.3, 0.4) is 0 Å². The van der Waals surface area contributed by atoms with Crippen molar-refractivity contribution in [2.75, 3.05) is 32.8 Å². The normalized spacial score (nSPS) is 18.4. The van der Waals surface area contributed by atoms with Crippen molar-refractivity contribution in [1.29, 1.82) is 0 Å². The topological polar surface area (TPSA) is 45.7 Å². The molecule has 2 aliphatic rings. The van der Waals surface area contributed by atoms with E-state index in [2.05, 4.69) is 22.0 Å². The van der Waals surface area contributed by atoms with Crippen LogP contribution in [0.2, 0.25) is 0 Å². The molecule has 2 saturated heterocycles. The van der Waals surface area contributed by atoms with E-state index in [1.165, 1.54) is 36.9 Å². The number of pyridine rings is 1. The van der Waals surface area contributed by atoms with E-state index in [1.807, 2.05) is 23.2 Å². The average molecular weight is 339 g/mol. The first kappa shape index (κ1) is 16.3. The minimum Gasteiger partial charge on any atom is -0.489 e. The van der Waals surface area contributed by atoms with Crippen LogP contribution in [0.4, 0.5) is 0 Å². The third-order valence-electron chi connectivity index (χ3n) is 5.21. The molecule has 3 heterocycles. The second kappa shape index (κ2) is 7.40. The van der Waals surface area contributed by atoms with E-state index in [4.69, 9.17) is 4.74 Å². The highest BCUT2D eigenvalue weighted by atomic mass is 16.5. The fourth-order valence-electron chi connectivity index (χ4n) is 3.85. The largest absolute Gasteiger partial charge is 0.489 e. The molecule has 1 amide bonds. The van der Waals surface area contributed by atoms with Gasteiger partial charge in [0.05, 0.1) is 6.54 Å². The van der Waals surface area contributed by atoms with Gasteiger partial charge in [-0.05, 0) is 50.0 Å². The lowest BCUT2D eigenvalue weighted by Crippen LogP contribution is -2.29. The lowest BCUT2D eigenvalue weighted by atomic mass is 10.1. The molecule has 0 radical (unpaired) electrons. The number of ether oxygens (including phenoxy) is 1. The van der Waals surface area contributed by atoms with Gasteiger partial charge in [-0.3, -0.25) is 14.7 Å². The van der Waals surface area contributed by atoms with Crippen molar-refractivity contribution in [2.45, 2.75) is 32.2 Å². The summed E-state index contributed by atoms with van der Waals surface area (Å²) in [4.78, 5) is 20.6. The molecule has 1 aromatic heterocycles. The van der Waals surface area contributed by atoms with E-state index >= 15 is 0 Å². The molecular formula is C20H25N3O2. The molecule has 2 aliphatic heterocycles. The van der Waals surface area contributed by atoms with Gasteiger partial charge in [0.1, 0.15) is 17.9 Å². The number of aromatic nitrogens is 1. The Morgan fingerprint density at radius 1 is 1.08 bits per heavy atom. The van der Waals surface area contributed by atoms with E-state index in [9.17, 15) is 4.79 Å². The van der Waals surface area contributed by atoms with Crippen molar-refractivity contribution < 1.29 is 9.53 Å². The Morgan fingerprint density at radius 3 is 2.76 bits per heavy atom. The molecule has 0 spiro atoms. The van der Waals surface area contributed by atoms with Crippen LogP contribution in [0.5, 0.6) is 5.75 Å². The van der Waals surface area contributed by atoms with Gasteiger partial charge in [0, 0.05) is 31.1 Å². The minimum atomic E-state index is 0.243. The lowest BCUT2D eigenvalue weighted by molar-refractivity contribution is -0.128. The number of hydrogen-bond donors (Lipinski definition) is 0. The zero-order valence-corrected chi connectivity index (χ0v) is 14.6. The van der Waals surface area contributed by atoms with Crippen LogP contribution in [0, 0.1) is 0 Å². The molecule has 0 N–H and O–H groups in total. The number of benzene rings is 1. The first-order valence-electron chi connectivity index (χ1n) is 9.31. The second-order valence-corrected chi connectivity index (χ2v) is 6.94. The number of fused-ring (bicyclic) bond motifs is 1. The molecule has 25 heavy (non-hydrogen) atoms. The number of likely N-dealkylation sites (tertiary alicyclic amines) is 2. The summed E-state index contributed by atoms with van der Waals surface area (Å²) in [5.74, 6) is 1.06. The van der Waals surface area contributed by atoms with E-state index in [0.717, 1.165) is 30.8 Å². The molecule has 4 rings (SSSR count). The number of rotatable bonds is 6. The Labute approximate surface area is 148 Å². The summed E-state index contributed by atoms with van der Waals surface area (Å²) in [6.07, 6.45) is 6.06. The molecule has 1 aromatic carbocycles. The fourth-order valence-corrected chi connectivity index (χ4v) is 3.85. The summed E-state index contributed by atoms with van der Waals surface area (Å²) >= 11 is 0. The van der Waals surface area contributed by atoms with Crippen molar-refractivity contribution in [3.05, 3.63) is 36.0 Å². The highest BCUT2D eigenvalue weighted by Gasteiger charge is 2.20. The maximum atomic E-state index is 11.7. The fraction of sp³-hybridized carbons (Fsp3) is 0.500. The first-order chi connectivity index (χ1) is 12.3. The highest BCUT2D eigenvalue weighted by molar-refractivity contribution is 5.87. The summed E-state index contributed by atoms with van der Waals surface area (Å²) < 4.78 is 5.98. The zero-order valence-electron chi connectivity index (χ0n) is 14.6. The molecule has 0 bridgehead atoms. The lowest BCUT2D eigenvalue weighted by Gasteiger charge is -2.18. The van der Waals surface area contributed by atoms with Crippen molar-refractivity contribution in [2.24, 2.45) is 0 Å². The quantitative estimate of drug-likeness (QED) is 0.812. The molecular weight excluding hydrogens is 314 g/mol. The predicted molar refractivity (Wildman–Crippen MR) is 97.6 cm³/mol. The van der Waals surface area contributed by atoms with E-state index < -0.39 is 0 Å². The van der Waals surface area contributed by atoms with Gasteiger partial charge in [-0.1, -0.05) is 12.1 Å². The van der Waals surface area contributed by atoms with Gasteiger partial charge in [0.15, 0.2) is 0 Å². The van der Waals surface area contributed by atoms with Crippen molar-refractivity contribution in [3.63, 3.8) is 0 Å². The predicted octanol–water partition coefficient (Wildman–Crippen LogP) is 2.83. The van der Waals surface area contributed by atoms with Crippen LogP contribution >= 0.6 is 0 Å².